The molecular formula is C23H19ClFN5O3. The first-order valence-electron chi connectivity index (χ1n) is 9.87. The first-order chi connectivity index (χ1) is 15.9. The molecule has 3 heterocycles. The summed E-state index contributed by atoms with van der Waals surface area (Å²) in [6, 6.07) is 12.3. The highest BCUT2D eigenvalue weighted by molar-refractivity contribution is 6.30. The molecule has 3 aromatic heterocycles. The molecule has 33 heavy (non-hydrogen) atoms. The van der Waals surface area contributed by atoms with E-state index < -0.39 is 11.9 Å². The van der Waals surface area contributed by atoms with E-state index in [1.807, 2.05) is 0 Å². The Morgan fingerprint density at radius 1 is 1.15 bits per heavy atom. The summed E-state index contributed by atoms with van der Waals surface area (Å²) in [5.41, 5.74) is 1.81. The minimum atomic E-state index is -1.08. The van der Waals surface area contributed by atoms with E-state index in [1.165, 1.54) is 29.9 Å². The van der Waals surface area contributed by atoms with Crippen molar-refractivity contribution in [2.45, 2.75) is 12.6 Å². The molecule has 0 unspecified atom stereocenters. The van der Waals surface area contributed by atoms with Gasteiger partial charge in [0, 0.05) is 42.0 Å². The largest absolute Gasteiger partial charge is 0.481 e. The van der Waals surface area contributed by atoms with Crippen LogP contribution in [0.4, 0.5) is 16.0 Å². The number of halogens is 2. The molecule has 0 aliphatic rings. The monoisotopic (exact) mass is 467 g/mol. The smallest absolute Gasteiger partial charge is 0.251 e. The van der Waals surface area contributed by atoms with Gasteiger partial charge in [0.1, 0.15) is 5.82 Å². The third kappa shape index (κ3) is 5.33. The fraction of sp³-hybridized carbons (Fsp3) is 0.130. The van der Waals surface area contributed by atoms with Crippen LogP contribution in [0.1, 0.15) is 11.7 Å². The summed E-state index contributed by atoms with van der Waals surface area (Å²) in [5.74, 6) is 0.155. The summed E-state index contributed by atoms with van der Waals surface area (Å²) in [7, 11) is 1.53. The van der Waals surface area contributed by atoms with Crippen LogP contribution < -0.4 is 15.6 Å². The number of aliphatic hydroxyl groups excluding tert-OH is 1. The molecule has 4 aromatic rings. The number of benzene rings is 1. The molecule has 4 rings (SSSR count). The van der Waals surface area contributed by atoms with Crippen LogP contribution in [0.25, 0.3) is 11.3 Å². The number of aliphatic hydroxyl groups is 1. The third-order valence-electron chi connectivity index (χ3n) is 4.85. The van der Waals surface area contributed by atoms with Gasteiger partial charge in [-0.2, -0.15) is 0 Å². The molecule has 1 atom stereocenters. The van der Waals surface area contributed by atoms with Crippen LogP contribution in [0.2, 0.25) is 5.02 Å². The number of hydrogen-bond acceptors (Lipinski definition) is 7. The molecule has 0 spiro atoms. The first kappa shape index (κ1) is 22.4. The van der Waals surface area contributed by atoms with Crippen LogP contribution in [-0.2, 0) is 6.54 Å². The van der Waals surface area contributed by atoms with Crippen LogP contribution in [0.15, 0.2) is 71.9 Å². The van der Waals surface area contributed by atoms with Crippen molar-refractivity contribution in [2.24, 2.45) is 0 Å². The van der Waals surface area contributed by atoms with E-state index in [0.29, 0.717) is 34.3 Å². The van der Waals surface area contributed by atoms with Crippen LogP contribution >= 0.6 is 11.6 Å². The molecule has 0 aliphatic heterocycles. The number of nitrogens with zero attached hydrogens (tertiary/aromatic N) is 4. The molecule has 0 bridgehead atoms. The Bertz CT molecular complexity index is 1350. The average Bonchev–Trinajstić information content (AvgIpc) is 2.82. The van der Waals surface area contributed by atoms with Gasteiger partial charge in [-0.1, -0.05) is 17.7 Å². The summed E-state index contributed by atoms with van der Waals surface area (Å²) in [6.45, 7) is -0.0410. The van der Waals surface area contributed by atoms with Crippen molar-refractivity contribution in [3.05, 3.63) is 93.9 Å². The van der Waals surface area contributed by atoms with Crippen LogP contribution in [-0.4, -0.2) is 31.7 Å². The van der Waals surface area contributed by atoms with Crippen molar-refractivity contribution >= 4 is 23.2 Å². The lowest BCUT2D eigenvalue weighted by molar-refractivity contribution is 0.154. The molecule has 0 saturated carbocycles. The maximum absolute atomic E-state index is 13.7. The van der Waals surface area contributed by atoms with Crippen LogP contribution in [0, 0.1) is 5.82 Å². The van der Waals surface area contributed by atoms with E-state index in [2.05, 4.69) is 20.3 Å². The number of ether oxygens (including phenoxy) is 1. The summed E-state index contributed by atoms with van der Waals surface area (Å²) in [4.78, 5) is 25.3. The van der Waals surface area contributed by atoms with Crippen molar-refractivity contribution < 1.29 is 14.2 Å². The van der Waals surface area contributed by atoms with Gasteiger partial charge in [-0.25, -0.2) is 19.3 Å². The van der Waals surface area contributed by atoms with Gasteiger partial charge in [-0.05, 0) is 35.9 Å². The Morgan fingerprint density at radius 2 is 1.97 bits per heavy atom. The number of methoxy groups -OCH3 is 1. The number of aromatic nitrogens is 4. The van der Waals surface area contributed by atoms with Gasteiger partial charge in [-0.3, -0.25) is 4.79 Å². The number of pyridine rings is 2. The van der Waals surface area contributed by atoms with Gasteiger partial charge in [0.25, 0.3) is 5.56 Å². The summed E-state index contributed by atoms with van der Waals surface area (Å²) in [5, 5.41) is 13.4. The second-order valence-electron chi connectivity index (χ2n) is 7.07. The van der Waals surface area contributed by atoms with Crippen molar-refractivity contribution in [2.75, 3.05) is 12.4 Å². The molecule has 0 saturated heterocycles. The first-order valence-corrected chi connectivity index (χ1v) is 10.2. The summed E-state index contributed by atoms with van der Waals surface area (Å²) < 4.78 is 20.1. The van der Waals surface area contributed by atoms with Crippen molar-refractivity contribution in [3.63, 3.8) is 0 Å². The predicted molar refractivity (Wildman–Crippen MR) is 122 cm³/mol. The minimum absolute atomic E-state index is 0.0331. The lowest BCUT2D eigenvalue weighted by Gasteiger charge is -2.14. The number of hydrogen-bond donors (Lipinski definition) is 2. The van der Waals surface area contributed by atoms with E-state index >= 15 is 0 Å². The van der Waals surface area contributed by atoms with Gasteiger partial charge in [0.05, 0.1) is 30.5 Å². The SMILES string of the molecule is COc1cc(Nc2nccc(-c3ccn(C[C@@H](O)c4ccc(Cl)c(F)c4)c(=O)c3)n2)ccn1. The fourth-order valence-corrected chi connectivity index (χ4v) is 3.25. The van der Waals surface area contributed by atoms with Crippen molar-refractivity contribution in [1.82, 2.24) is 19.5 Å². The molecule has 1 aromatic carbocycles. The standard InChI is InChI=1S/C23H19ClFN5O3/c1-33-21-12-16(4-7-26-21)28-23-27-8-5-19(29-23)14-6-9-30(22(32)11-14)13-20(31)15-2-3-17(24)18(25)10-15/h2-12,20,31H,13H2,1H3,(H,26,27,28,29)/t20-/m1/s1. The third-order valence-corrected chi connectivity index (χ3v) is 5.15. The normalized spacial score (nSPS) is 11.8. The van der Waals surface area contributed by atoms with Crippen molar-refractivity contribution in [3.8, 4) is 17.1 Å². The Morgan fingerprint density at radius 3 is 2.73 bits per heavy atom. The number of nitrogens with one attached hydrogen (secondary N) is 1. The zero-order valence-electron chi connectivity index (χ0n) is 17.4. The lowest BCUT2D eigenvalue weighted by Crippen LogP contribution is -2.22. The zero-order chi connectivity index (χ0) is 23.4. The van der Waals surface area contributed by atoms with Crippen LogP contribution in [0.3, 0.4) is 0 Å². The maximum Gasteiger partial charge on any atom is 0.251 e. The highest BCUT2D eigenvalue weighted by Crippen LogP contribution is 2.22. The highest BCUT2D eigenvalue weighted by Gasteiger charge is 2.13. The Labute approximate surface area is 193 Å². The van der Waals surface area contributed by atoms with E-state index in [1.54, 1.807) is 42.9 Å². The van der Waals surface area contributed by atoms with E-state index in [-0.39, 0.29) is 17.1 Å². The minimum Gasteiger partial charge on any atom is -0.481 e. The molecule has 0 radical (unpaired) electrons. The lowest BCUT2D eigenvalue weighted by atomic mass is 10.1. The quantitative estimate of drug-likeness (QED) is 0.424. The maximum atomic E-state index is 13.7. The van der Waals surface area contributed by atoms with Gasteiger partial charge in [-0.15, -0.1) is 0 Å². The van der Waals surface area contributed by atoms with E-state index in [9.17, 15) is 14.3 Å². The number of rotatable bonds is 7. The highest BCUT2D eigenvalue weighted by atomic mass is 35.5. The van der Waals surface area contributed by atoms with E-state index in [4.69, 9.17) is 16.3 Å². The molecule has 2 N–H and O–H groups in total. The molecule has 10 heteroatoms. The molecule has 168 valence electrons. The van der Waals surface area contributed by atoms with Crippen LogP contribution in [0.5, 0.6) is 5.88 Å². The topological polar surface area (TPSA) is 102 Å². The molecule has 8 nitrogen and oxygen atoms in total. The Hall–Kier alpha value is -3.82. The van der Waals surface area contributed by atoms with Gasteiger partial charge < -0.3 is 19.7 Å². The van der Waals surface area contributed by atoms with Gasteiger partial charge in [0.15, 0.2) is 0 Å². The number of anilines is 2. The zero-order valence-corrected chi connectivity index (χ0v) is 18.2. The van der Waals surface area contributed by atoms with Gasteiger partial charge in [0.2, 0.25) is 11.8 Å². The van der Waals surface area contributed by atoms with Crippen molar-refractivity contribution in [1.29, 1.82) is 0 Å². The second kappa shape index (κ2) is 9.76. The molecule has 0 fully saturated rings. The average molecular weight is 468 g/mol. The summed E-state index contributed by atoms with van der Waals surface area (Å²) in [6.07, 6.45) is 3.65. The Balaban J connectivity index is 1.52. The molecule has 0 aliphatic carbocycles. The Kier molecular flexibility index (Phi) is 6.62. The molecular weight excluding hydrogens is 449 g/mol. The summed E-state index contributed by atoms with van der Waals surface area (Å²) >= 11 is 5.68. The fourth-order valence-electron chi connectivity index (χ4n) is 3.14. The van der Waals surface area contributed by atoms with E-state index in [0.717, 1.165) is 6.07 Å². The van der Waals surface area contributed by atoms with Gasteiger partial charge >= 0.3 is 0 Å². The molecule has 0 amide bonds. The predicted octanol–water partition coefficient (Wildman–Crippen LogP) is 3.98. The second-order valence-corrected chi connectivity index (χ2v) is 7.48.